The van der Waals surface area contributed by atoms with Gasteiger partial charge in [0.1, 0.15) is 0 Å². The number of alkyl carbamates (subject to hydrolysis) is 1. The lowest BCUT2D eigenvalue weighted by Crippen LogP contribution is -2.28. The molecule has 0 aliphatic heterocycles. The predicted octanol–water partition coefficient (Wildman–Crippen LogP) is 2.50. The minimum absolute atomic E-state index is 0.230. The molecule has 0 saturated carbocycles. The number of hydrogen-bond acceptors (Lipinski definition) is 3. The van der Waals surface area contributed by atoms with Crippen LogP contribution in [0.2, 0.25) is 0 Å². The molecule has 1 aromatic heterocycles. The molecule has 5 nitrogen and oxygen atoms in total. The van der Waals surface area contributed by atoms with Gasteiger partial charge >= 0.3 is 6.09 Å². The molecule has 5 heteroatoms. The van der Waals surface area contributed by atoms with Crippen LogP contribution < -0.4 is 5.32 Å². The predicted molar refractivity (Wildman–Crippen MR) is 70.3 cm³/mol. The summed E-state index contributed by atoms with van der Waals surface area (Å²) in [6.45, 7) is 7.52. The molecule has 1 heterocycles. The largest absolute Gasteiger partial charge is 0.450 e. The van der Waals surface area contributed by atoms with Gasteiger partial charge in [0.25, 0.3) is 0 Å². The van der Waals surface area contributed by atoms with Crippen molar-refractivity contribution in [1.29, 1.82) is 0 Å². The Morgan fingerprint density at radius 2 is 2.28 bits per heavy atom. The fraction of sp³-hybridized carbons (Fsp3) is 0.692. The molecule has 0 unspecified atom stereocenters. The molecule has 0 saturated heterocycles. The van der Waals surface area contributed by atoms with Crippen molar-refractivity contribution < 1.29 is 9.53 Å². The summed E-state index contributed by atoms with van der Waals surface area (Å²) in [5, 5.41) is 2.75. The molecular formula is C13H23N3O2. The van der Waals surface area contributed by atoms with E-state index in [2.05, 4.69) is 36.1 Å². The van der Waals surface area contributed by atoms with E-state index in [0.29, 0.717) is 13.2 Å². The Bertz CT molecular complexity index is 342. The van der Waals surface area contributed by atoms with E-state index in [1.165, 1.54) is 0 Å². The van der Waals surface area contributed by atoms with Gasteiger partial charge in [-0.1, -0.05) is 20.8 Å². The van der Waals surface area contributed by atoms with Crippen molar-refractivity contribution in [1.82, 2.24) is 15.3 Å². The fourth-order valence-corrected chi connectivity index (χ4v) is 1.44. The van der Waals surface area contributed by atoms with Gasteiger partial charge in [-0.05, 0) is 24.7 Å². The maximum absolute atomic E-state index is 11.3. The Kier molecular flexibility index (Phi) is 5.68. The number of rotatable bonds is 6. The highest BCUT2D eigenvalue weighted by Gasteiger charge is 2.10. The lowest BCUT2D eigenvalue weighted by atomic mass is 9.92. The second-order valence-electron chi connectivity index (χ2n) is 5.55. The van der Waals surface area contributed by atoms with E-state index in [9.17, 15) is 4.79 Å². The van der Waals surface area contributed by atoms with Crippen molar-refractivity contribution >= 4 is 6.09 Å². The number of aryl methyl sites for hydroxylation is 1. The zero-order valence-corrected chi connectivity index (χ0v) is 11.5. The van der Waals surface area contributed by atoms with Crippen LogP contribution in [0.5, 0.6) is 0 Å². The van der Waals surface area contributed by atoms with Crippen molar-refractivity contribution in [2.24, 2.45) is 5.41 Å². The van der Waals surface area contributed by atoms with Crippen molar-refractivity contribution in [3.8, 4) is 0 Å². The summed E-state index contributed by atoms with van der Waals surface area (Å²) in [4.78, 5) is 18.3. The number of ether oxygens (including phenoxy) is 1. The zero-order chi connectivity index (χ0) is 13.4. The summed E-state index contributed by atoms with van der Waals surface area (Å²) in [5.41, 5.74) is 1.29. The molecule has 0 aliphatic rings. The number of nitrogens with zero attached hydrogens (tertiary/aromatic N) is 1. The van der Waals surface area contributed by atoms with Gasteiger partial charge in [-0.25, -0.2) is 9.78 Å². The number of H-pyrrole nitrogens is 1. The van der Waals surface area contributed by atoms with Crippen LogP contribution in [0, 0.1) is 5.41 Å². The number of amides is 1. The Morgan fingerprint density at radius 1 is 1.50 bits per heavy atom. The van der Waals surface area contributed by atoms with E-state index >= 15 is 0 Å². The first-order chi connectivity index (χ1) is 8.47. The molecule has 0 radical (unpaired) electrons. The first kappa shape index (κ1) is 14.5. The van der Waals surface area contributed by atoms with Gasteiger partial charge in [0, 0.05) is 18.4 Å². The maximum atomic E-state index is 11.3. The fourth-order valence-electron chi connectivity index (χ4n) is 1.44. The monoisotopic (exact) mass is 253 g/mol. The molecule has 1 amide bonds. The summed E-state index contributed by atoms with van der Waals surface area (Å²) >= 11 is 0. The van der Waals surface area contributed by atoms with Crippen LogP contribution in [-0.2, 0) is 11.2 Å². The van der Waals surface area contributed by atoms with E-state index in [1.807, 2.05) is 0 Å². The number of aromatic amines is 1. The van der Waals surface area contributed by atoms with Crippen LogP contribution in [0.25, 0.3) is 0 Å². The number of carbonyl (C=O) groups excluding carboxylic acids is 1. The second-order valence-corrected chi connectivity index (χ2v) is 5.55. The maximum Gasteiger partial charge on any atom is 0.407 e. The summed E-state index contributed by atoms with van der Waals surface area (Å²) in [7, 11) is 0. The van der Waals surface area contributed by atoms with Crippen molar-refractivity contribution in [2.45, 2.75) is 40.0 Å². The third kappa shape index (κ3) is 6.93. The topological polar surface area (TPSA) is 67.0 Å². The van der Waals surface area contributed by atoms with E-state index in [1.54, 1.807) is 12.5 Å². The molecule has 0 spiro atoms. The van der Waals surface area contributed by atoms with Crippen LogP contribution in [0.3, 0.4) is 0 Å². The smallest absolute Gasteiger partial charge is 0.407 e. The zero-order valence-electron chi connectivity index (χ0n) is 11.5. The first-order valence-electron chi connectivity index (χ1n) is 6.35. The lowest BCUT2D eigenvalue weighted by molar-refractivity contribution is 0.143. The Hall–Kier alpha value is -1.52. The molecule has 0 bridgehead atoms. The van der Waals surface area contributed by atoms with Crippen LogP contribution in [0.1, 0.15) is 39.3 Å². The molecule has 1 aromatic rings. The first-order valence-corrected chi connectivity index (χ1v) is 6.35. The van der Waals surface area contributed by atoms with Gasteiger partial charge in [0.15, 0.2) is 0 Å². The second kappa shape index (κ2) is 7.03. The normalized spacial score (nSPS) is 11.3. The van der Waals surface area contributed by atoms with Crippen molar-refractivity contribution in [2.75, 3.05) is 13.2 Å². The van der Waals surface area contributed by atoms with E-state index in [-0.39, 0.29) is 11.5 Å². The van der Waals surface area contributed by atoms with Crippen LogP contribution in [0.15, 0.2) is 12.5 Å². The van der Waals surface area contributed by atoms with Crippen LogP contribution in [-0.4, -0.2) is 29.2 Å². The number of hydrogen-bond donors (Lipinski definition) is 2. The molecule has 0 aliphatic carbocycles. The minimum atomic E-state index is -0.330. The summed E-state index contributed by atoms with van der Waals surface area (Å²) < 4.78 is 5.07. The molecule has 0 atom stereocenters. The van der Waals surface area contributed by atoms with Gasteiger partial charge in [0.05, 0.1) is 12.9 Å². The third-order valence-corrected chi connectivity index (χ3v) is 2.52. The molecular weight excluding hydrogens is 230 g/mol. The van der Waals surface area contributed by atoms with E-state index < -0.39 is 0 Å². The van der Waals surface area contributed by atoms with Gasteiger partial charge in [-0.2, -0.15) is 0 Å². The van der Waals surface area contributed by atoms with Gasteiger partial charge in [-0.15, -0.1) is 0 Å². The van der Waals surface area contributed by atoms with Gasteiger partial charge in [0.2, 0.25) is 0 Å². The van der Waals surface area contributed by atoms with E-state index in [0.717, 1.165) is 25.0 Å². The number of imidazole rings is 1. The molecule has 0 fully saturated rings. The van der Waals surface area contributed by atoms with Crippen molar-refractivity contribution in [3.63, 3.8) is 0 Å². The molecule has 2 N–H and O–H groups in total. The molecule has 18 heavy (non-hydrogen) atoms. The average Bonchev–Trinajstić information content (AvgIpc) is 2.75. The highest BCUT2D eigenvalue weighted by molar-refractivity contribution is 5.66. The lowest BCUT2D eigenvalue weighted by Gasteiger charge is -2.17. The Morgan fingerprint density at radius 3 is 2.89 bits per heavy atom. The minimum Gasteiger partial charge on any atom is -0.450 e. The number of aromatic nitrogens is 2. The molecule has 102 valence electrons. The SMILES string of the molecule is CC(C)(C)CCNC(=O)OCCCc1cnc[nH]1. The van der Waals surface area contributed by atoms with Crippen LogP contribution >= 0.6 is 0 Å². The van der Waals surface area contributed by atoms with E-state index in [4.69, 9.17) is 4.74 Å². The standard InChI is InChI=1S/C13H23N3O2/c1-13(2,3)6-7-15-12(17)18-8-4-5-11-9-14-10-16-11/h9-10H,4-8H2,1-3H3,(H,14,16)(H,15,17). The average molecular weight is 253 g/mol. The summed E-state index contributed by atoms with van der Waals surface area (Å²) in [6, 6.07) is 0. The Balaban J connectivity index is 2.00. The quantitative estimate of drug-likeness (QED) is 0.765. The van der Waals surface area contributed by atoms with Gasteiger partial charge in [-0.3, -0.25) is 0 Å². The van der Waals surface area contributed by atoms with Crippen molar-refractivity contribution in [3.05, 3.63) is 18.2 Å². The van der Waals surface area contributed by atoms with Crippen LogP contribution in [0.4, 0.5) is 4.79 Å². The Labute approximate surface area is 108 Å². The molecule has 0 aromatic carbocycles. The highest BCUT2D eigenvalue weighted by atomic mass is 16.5. The third-order valence-electron chi connectivity index (χ3n) is 2.52. The number of nitrogens with one attached hydrogen (secondary N) is 2. The summed E-state index contributed by atoms with van der Waals surface area (Å²) in [5.74, 6) is 0. The van der Waals surface area contributed by atoms with Gasteiger partial charge < -0.3 is 15.0 Å². The summed E-state index contributed by atoms with van der Waals surface area (Å²) in [6.07, 6.45) is 5.68. The highest BCUT2D eigenvalue weighted by Crippen LogP contribution is 2.16. The number of carbonyl (C=O) groups is 1. The molecule has 1 rings (SSSR count).